The summed E-state index contributed by atoms with van der Waals surface area (Å²) in [6.07, 6.45) is 0.0488. The van der Waals surface area contributed by atoms with Gasteiger partial charge in [0.1, 0.15) is 41.8 Å². The van der Waals surface area contributed by atoms with Gasteiger partial charge in [-0.2, -0.15) is 13.2 Å². The maximum absolute atomic E-state index is 14.8. The SMILES string of the molecule is CC[C@H](C)[C@@H]1NC(=O)[C@H](C)N(C)C(=O)C[C@@H](C)NC(=O)[C@H](CC(C)C)N(C)C(=O)C(C)(C)NC(=O)[C@@H]2CCCN2C(=O)[C@H](CCC2CCC(C(F)(F)F)CC2)NC(=O)CN(C)C(=O)[C@H](CC2CCC(Cl)CC2)N(C)C(=O)CN(C)C(=O)CN(C)C1=O. The molecule has 0 aromatic heterocycles. The molecule has 0 aromatic carbocycles. The highest BCUT2D eigenvalue weighted by Gasteiger charge is 2.45. The Morgan fingerprint density at radius 2 is 1.20 bits per heavy atom. The van der Waals surface area contributed by atoms with E-state index in [-0.39, 0.29) is 93.9 Å². The number of hydrogen-bond donors (Lipinski definition) is 4. The summed E-state index contributed by atoms with van der Waals surface area (Å²) in [5.41, 5.74) is -1.65. The van der Waals surface area contributed by atoms with E-state index >= 15 is 0 Å². The summed E-state index contributed by atoms with van der Waals surface area (Å²) in [5.74, 6) is -9.21. The monoisotopic (exact) mass is 1240 g/mol. The Hall–Kier alpha value is -5.75. The highest BCUT2D eigenvalue weighted by molar-refractivity contribution is 6.20. The Morgan fingerprint density at radius 1 is 0.616 bits per heavy atom. The molecular weight excluding hydrogens is 1140 g/mol. The van der Waals surface area contributed by atoms with Gasteiger partial charge < -0.3 is 55.6 Å². The highest BCUT2D eigenvalue weighted by Crippen LogP contribution is 2.41. The minimum Gasteiger partial charge on any atom is -0.351 e. The van der Waals surface area contributed by atoms with Crippen LogP contribution in [0.1, 0.15) is 158 Å². The Kier molecular flexibility index (Phi) is 27.0. The molecule has 0 spiro atoms. The molecule has 22 nitrogen and oxygen atoms in total. The number of carbonyl (C=O) groups is 11. The first-order valence-electron chi connectivity index (χ1n) is 30.7. The lowest BCUT2D eigenvalue weighted by Crippen LogP contribution is -2.62. The lowest BCUT2D eigenvalue weighted by atomic mass is 9.79. The topological polar surface area (TPSA) is 259 Å². The zero-order valence-corrected chi connectivity index (χ0v) is 54.0. The van der Waals surface area contributed by atoms with Crippen molar-refractivity contribution >= 4 is 76.6 Å². The molecule has 488 valence electrons. The van der Waals surface area contributed by atoms with E-state index < -0.39 is 150 Å². The number of nitrogens with one attached hydrogen (secondary N) is 4. The molecule has 2 saturated carbocycles. The van der Waals surface area contributed by atoms with Crippen molar-refractivity contribution in [1.82, 2.24) is 55.6 Å². The molecule has 4 N–H and O–H groups in total. The van der Waals surface area contributed by atoms with E-state index in [9.17, 15) is 65.9 Å². The standard InChI is InChI=1S/C60H99ClF3N11O11/c1-15-36(4)51-57(85)71(11)33-49(78)69(9)34-50(79)73(13)46(31-40-20-25-42(61)26-21-40)56(84)70(10)32-47(76)66-43(27-22-39-18-23-41(24-19-39)60(62,63)64)55(83)75-28-16-17-44(75)54(82)68-59(7,8)58(86)74(14)45(29-35(2)3)53(81)65-37(5)30-48(77)72(12)38(6)52(80)67-51/h35-46,51H,15-34H2,1-14H3,(H,65,81)(H,66,76)(H,67,80)(H,68,82)/t36-,37+,38-,39?,40?,41?,42?,43-,44-,45-,46-,51-/m0/s1. The molecule has 2 saturated heterocycles. The number of alkyl halides is 4. The zero-order valence-electron chi connectivity index (χ0n) is 53.3. The molecule has 2 aliphatic heterocycles. The van der Waals surface area contributed by atoms with E-state index in [0.717, 1.165) is 14.7 Å². The molecule has 26 heteroatoms. The number of carbonyl (C=O) groups excluding carboxylic acids is 11. The minimum absolute atomic E-state index is 0.000586. The van der Waals surface area contributed by atoms with E-state index in [1.54, 1.807) is 13.8 Å². The van der Waals surface area contributed by atoms with Gasteiger partial charge in [-0.05, 0) is 141 Å². The second-order valence-corrected chi connectivity index (χ2v) is 26.6. The summed E-state index contributed by atoms with van der Waals surface area (Å²) in [6.45, 7) is 11.8. The molecule has 0 bridgehead atoms. The Balaban J connectivity index is 1.73. The number of amides is 11. The normalized spacial score (nSPS) is 30.5. The van der Waals surface area contributed by atoms with Crippen molar-refractivity contribution in [2.24, 2.45) is 29.6 Å². The summed E-state index contributed by atoms with van der Waals surface area (Å²) >= 11 is 6.46. The maximum Gasteiger partial charge on any atom is 0.391 e. The number of fused-ring (bicyclic) bond motifs is 1. The summed E-state index contributed by atoms with van der Waals surface area (Å²) in [4.78, 5) is 165. The van der Waals surface area contributed by atoms with Gasteiger partial charge in [-0.1, -0.05) is 34.1 Å². The Morgan fingerprint density at radius 3 is 1.78 bits per heavy atom. The number of halogens is 4. The van der Waals surface area contributed by atoms with Gasteiger partial charge in [-0.25, -0.2) is 0 Å². The lowest BCUT2D eigenvalue weighted by Gasteiger charge is -2.37. The van der Waals surface area contributed by atoms with Crippen molar-refractivity contribution in [2.45, 2.75) is 218 Å². The first-order valence-corrected chi connectivity index (χ1v) is 31.2. The number of hydrogen-bond acceptors (Lipinski definition) is 11. The molecule has 4 aliphatic rings. The van der Waals surface area contributed by atoms with Crippen LogP contribution in [0, 0.1) is 29.6 Å². The molecule has 2 aliphatic carbocycles. The van der Waals surface area contributed by atoms with Crippen LogP contribution in [0.4, 0.5) is 13.2 Å². The molecule has 0 radical (unpaired) electrons. The van der Waals surface area contributed by atoms with Crippen LogP contribution in [-0.2, 0) is 52.7 Å². The van der Waals surface area contributed by atoms with Crippen molar-refractivity contribution in [2.75, 3.05) is 68.5 Å². The van der Waals surface area contributed by atoms with Gasteiger partial charge in [-0.15, -0.1) is 11.6 Å². The van der Waals surface area contributed by atoms with Crippen LogP contribution in [0.25, 0.3) is 0 Å². The van der Waals surface area contributed by atoms with Crippen LogP contribution in [-0.4, -0.2) is 227 Å². The van der Waals surface area contributed by atoms with Gasteiger partial charge in [0.05, 0.1) is 25.6 Å². The maximum atomic E-state index is 14.8. The predicted molar refractivity (Wildman–Crippen MR) is 317 cm³/mol. The predicted octanol–water partition coefficient (Wildman–Crippen LogP) is 4.06. The zero-order chi connectivity index (χ0) is 64.9. The second kappa shape index (κ2) is 31.9. The number of rotatable bonds is 9. The fourth-order valence-corrected chi connectivity index (χ4v) is 12.4. The quantitative estimate of drug-likeness (QED) is 0.240. The van der Waals surface area contributed by atoms with Crippen LogP contribution in [0.2, 0.25) is 0 Å². The van der Waals surface area contributed by atoms with E-state index in [4.69, 9.17) is 11.6 Å². The van der Waals surface area contributed by atoms with Crippen LogP contribution in [0.15, 0.2) is 0 Å². The van der Waals surface area contributed by atoms with Gasteiger partial charge in [-0.3, -0.25) is 52.7 Å². The fraction of sp³-hybridized carbons (Fsp3) is 0.817. The molecule has 86 heavy (non-hydrogen) atoms. The Labute approximate surface area is 511 Å². The molecule has 8 atom stereocenters. The first-order chi connectivity index (χ1) is 40.0. The van der Waals surface area contributed by atoms with Crippen LogP contribution >= 0.6 is 11.6 Å². The highest BCUT2D eigenvalue weighted by atomic mass is 35.5. The molecule has 2 heterocycles. The van der Waals surface area contributed by atoms with E-state index in [1.165, 1.54) is 82.7 Å². The number of nitrogens with zero attached hydrogens (tertiary/aromatic N) is 7. The average molecular weight is 1240 g/mol. The third kappa shape index (κ3) is 20.1. The number of likely N-dealkylation sites (N-methyl/N-ethyl adjacent to an activating group) is 6. The minimum atomic E-state index is -4.34. The largest absolute Gasteiger partial charge is 0.391 e. The first kappa shape index (κ1) is 72.7. The third-order valence-corrected chi connectivity index (χ3v) is 18.6. The molecule has 0 aromatic rings. The second-order valence-electron chi connectivity index (χ2n) is 26.0. The lowest BCUT2D eigenvalue weighted by molar-refractivity contribution is -0.184. The molecule has 11 amide bonds. The fourth-order valence-electron chi connectivity index (χ4n) is 12.1. The summed E-state index contributed by atoms with van der Waals surface area (Å²) in [5, 5.41) is 11.1. The average Bonchev–Trinajstić information content (AvgIpc) is 1.94. The van der Waals surface area contributed by atoms with Crippen LogP contribution < -0.4 is 21.3 Å². The molecule has 4 fully saturated rings. The van der Waals surface area contributed by atoms with Gasteiger partial charge in [0.25, 0.3) is 0 Å². The van der Waals surface area contributed by atoms with Crippen LogP contribution in [0.3, 0.4) is 0 Å². The van der Waals surface area contributed by atoms with E-state index in [2.05, 4.69) is 21.3 Å². The van der Waals surface area contributed by atoms with Gasteiger partial charge in [0.15, 0.2) is 0 Å². The van der Waals surface area contributed by atoms with Gasteiger partial charge >= 0.3 is 6.18 Å². The summed E-state index contributed by atoms with van der Waals surface area (Å²) < 4.78 is 41.0. The summed E-state index contributed by atoms with van der Waals surface area (Å²) in [7, 11) is 8.40. The summed E-state index contributed by atoms with van der Waals surface area (Å²) in [6, 6.07) is -7.64. The smallest absolute Gasteiger partial charge is 0.351 e. The van der Waals surface area contributed by atoms with Crippen molar-refractivity contribution < 1.29 is 65.9 Å². The van der Waals surface area contributed by atoms with Crippen molar-refractivity contribution in [3.05, 3.63) is 0 Å². The van der Waals surface area contributed by atoms with Crippen LogP contribution in [0.5, 0.6) is 0 Å². The van der Waals surface area contributed by atoms with Crippen molar-refractivity contribution in [1.29, 1.82) is 0 Å². The van der Waals surface area contributed by atoms with Crippen molar-refractivity contribution in [3.63, 3.8) is 0 Å². The van der Waals surface area contributed by atoms with Gasteiger partial charge in [0.2, 0.25) is 65.0 Å². The molecule has 0 unspecified atom stereocenters. The van der Waals surface area contributed by atoms with Crippen molar-refractivity contribution in [3.8, 4) is 0 Å². The van der Waals surface area contributed by atoms with E-state index in [0.29, 0.717) is 38.5 Å². The van der Waals surface area contributed by atoms with Gasteiger partial charge in [0, 0.05) is 66.7 Å². The molecular formula is C60H99ClF3N11O11. The third-order valence-electron chi connectivity index (χ3n) is 18.2. The van der Waals surface area contributed by atoms with E-state index in [1.807, 2.05) is 20.8 Å². The Bertz CT molecular complexity index is 2420. The molecule has 4 rings (SSSR count).